The van der Waals surface area contributed by atoms with Crippen molar-refractivity contribution < 1.29 is 91.7 Å². The van der Waals surface area contributed by atoms with Gasteiger partial charge in [-0.15, -0.1) is 5.06 Å². The lowest BCUT2D eigenvalue weighted by Gasteiger charge is -2.37. The fourth-order valence-electron chi connectivity index (χ4n) is 9.50. The SMILES string of the molecule is COCCOCCOCCOCCN1c2ccc(S(=O)(=O)O)cc2C(C)(CCCS(=O)(=O)O)C1C=C1C(=O)C(/C=C2/N(CCCC(=O)ON3C(=O)CCC3=O)c3ccc(S(=O)(=O)O)cc3C2(C)CCOC)=C1O. The highest BCUT2D eigenvalue weighted by Gasteiger charge is 2.50. The lowest BCUT2D eigenvalue weighted by atomic mass is 9.72. The molecule has 4 aliphatic rings. The molecule has 23 nitrogen and oxygen atoms in total. The number of amides is 2. The Morgan fingerprint density at radius 1 is 0.726 bits per heavy atom. The number of ketones is 1. The molecule has 2 amide bonds. The lowest BCUT2D eigenvalue weighted by molar-refractivity contribution is -0.197. The highest BCUT2D eigenvalue weighted by Crippen LogP contribution is 2.53. The molecule has 1 aliphatic carbocycles. The molecule has 0 saturated carbocycles. The number of Topliss-reactive ketones (excluding diaryl/α,β-unsaturated/α-hetero) is 1. The van der Waals surface area contributed by atoms with E-state index in [0.29, 0.717) is 59.7 Å². The molecule has 1 fully saturated rings. The van der Waals surface area contributed by atoms with E-state index in [4.69, 9.17) is 28.5 Å². The summed E-state index contributed by atoms with van der Waals surface area (Å²) < 4.78 is 131. The second-order valence-corrected chi connectivity index (χ2v) is 22.6. The van der Waals surface area contributed by atoms with Crippen LogP contribution in [0.2, 0.25) is 0 Å². The topological polar surface area (TPSA) is 317 Å². The fraction of sp³-hybridized carbons (Fsp3) is 0.532. The van der Waals surface area contributed by atoms with Crippen molar-refractivity contribution >= 4 is 65.3 Å². The van der Waals surface area contributed by atoms with E-state index in [9.17, 15) is 63.2 Å². The van der Waals surface area contributed by atoms with Crippen molar-refractivity contribution in [1.82, 2.24) is 5.06 Å². The van der Waals surface area contributed by atoms with E-state index in [0.717, 1.165) is 0 Å². The number of aliphatic hydroxyl groups excluding tert-OH is 1. The van der Waals surface area contributed by atoms with Crippen LogP contribution in [0.4, 0.5) is 11.4 Å². The van der Waals surface area contributed by atoms with Crippen LogP contribution in [0.25, 0.3) is 0 Å². The Bertz CT molecular complexity index is 2870. The summed E-state index contributed by atoms with van der Waals surface area (Å²) in [6, 6.07) is 6.92. The standard InChI is InChI=1S/C47H61N3O20S3/c1-46(14-6-26-71(56,57)58)35-27-31(72(59,60)61)9-11-38(35)49(17-19-67-22-23-69-25-24-68-21-20-66-4)39(46)29-33-44(54)34(45(33)55)30-40-47(2,15-18-65-3)36-28-32(73(62,63)64)8-10-37(36)48(40)16-5-7-43(53)70-50-41(51)12-13-42(50)52/h8-11,27-30,39,54H,5-7,12-26H2,1-4H3,(H,56,57,58)(H,59,60,61)(H,62,63,64)/b33-29?,40-30+. The van der Waals surface area contributed by atoms with E-state index in [2.05, 4.69) is 0 Å². The first-order valence-electron chi connectivity index (χ1n) is 23.3. The third-order valence-electron chi connectivity index (χ3n) is 13.3. The zero-order chi connectivity index (χ0) is 53.5. The van der Waals surface area contributed by atoms with Gasteiger partial charge in [-0.25, -0.2) is 4.79 Å². The van der Waals surface area contributed by atoms with E-state index < -0.39 is 92.1 Å². The number of allylic oxidation sites excluding steroid dienone is 4. The Balaban J connectivity index is 1.37. The summed E-state index contributed by atoms with van der Waals surface area (Å²) in [4.78, 5) is 59.3. The number of methoxy groups -OCH3 is 2. The lowest BCUT2D eigenvalue weighted by Crippen LogP contribution is -2.44. The van der Waals surface area contributed by atoms with Gasteiger partial charge in [-0.1, -0.05) is 6.92 Å². The van der Waals surface area contributed by atoms with Crippen LogP contribution in [0.1, 0.15) is 69.9 Å². The van der Waals surface area contributed by atoms with Crippen molar-refractivity contribution in [3.05, 3.63) is 82.3 Å². The van der Waals surface area contributed by atoms with E-state index in [1.807, 2.05) is 0 Å². The molecule has 26 heteroatoms. The molecular formula is C47H61N3O20S3. The summed E-state index contributed by atoms with van der Waals surface area (Å²) in [7, 11) is -10.9. The molecule has 1 saturated heterocycles. The third-order valence-corrected chi connectivity index (χ3v) is 15.8. The number of aliphatic hydroxyl groups is 1. The number of fused-ring (bicyclic) bond motifs is 2. The van der Waals surface area contributed by atoms with Gasteiger partial charge in [0.1, 0.15) is 5.76 Å². The van der Waals surface area contributed by atoms with E-state index in [-0.39, 0.29) is 95.6 Å². The second kappa shape index (κ2) is 23.6. The minimum Gasteiger partial charge on any atom is -0.506 e. The molecular weight excluding hydrogens is 1020 g/mol. The van der Waals surface area contributed by atoms with Gasteiger partial charge in [0.2, 0.25) is 0 Å². The summed E-state index contributed by atoms with van der Waals surface area (Å²) >= 11 is 0. The van der Waals surface area contributed by atoms with E-state index >= 15 is 0 Å². The van der Waals surface area contributed by atoms with E-state index in [1.165, 1.54) is 55.7 Å². The number of rotatable bonds is 28. The van der Waals surface area contributed by atoms with Crippen molar-refractivity contribution in [2.75, 3.05) is 95.7 Å². The number of benzene rings is 2. The van der Waals surface area contributed by atoms with Crippen molar-refractivity contribution in [3.63, 3.8) is 0 Å². The Hall–Kier alpha value is -5.13. The number of hydrogen-bond acceptors (Lipinski definition) is 19. The maximum atomic E-state index is 14.5. The minimum atomic E-state index is -4.75. The molecule has 3 aliphatic heterocycles. The Morgan fingerprint density at radius 3 is 1.85 bits per heavy atom. The molecule has 3 unspecified atom stereocenters. The Labute approximate surface area is 423 Å². The number of carbonyl (C=O) groups excluding carboxylic acids is 4. The number of imide groups is 1. The molecule has 2 aromatic carbocycles. The van der Waals surface area contributed by atoms with Crippen LogP contribution < -0.4 is 9.80 Å². The van der Waals surface area contributed by atoms with Crippen LogP contribution in [0, 0.1) is 0 Å². The Kier molecular flexibility index (Phi) is 18.5. The van der Waals surface area contributed by atoms with Gasteiger partial charge >= 0.3 is 5.97 Å². The van der Waals surface area contributed by atoms with Gasteiger partial charge in [0, 0.05) is 81.1 Å². The van der Waals surface area contributed by atoms with Crippen LogP contribution in [0.15, 0.2) is 80.9 Å². The molecule has 3 heterocycles. The van der Waals surface area contributed by atoms with Gasteiger partial charge in [0.05, 0.1) is 79.0 Å². The second-order valence-electron chi connectivity index (χ2n) is 18.2. The first-order valence-corrected chi connectivity index (χ1v) is 27.8. The van der Waals surface area contributed by atoms with Crippen molar-refractivity contribution in [3.8, 4) is 0 Å². The fourth-order valence-corrected chi connectivity index (χ4v) is 11.0. The zero-order valence-electron chi connectivity index (χ0n) is 40.8. The zero-order valence-corrected chi connectivity index (χ0v) is 43.3. The summed E-state index contributed by atoms with van der Waals surface area (Å²) in [6.07, 6.45) is 2.52. The number of hydrogen-bond donors (Lipinski definition) is 4. The summed E-state index contributed by atoms with van der Waals surface area (Å²) in [5, 5.41) is 12.4. The van der Waals surface area contributed by atoms with Crippen LogP contribution in [0.3, 0.4) is 0 Å². The maximum absolute atomic E-state index is 14.5. The first kappa shape index (κ1) is 57.2. The molecule has 0 radical (unpaired) electrons. The molecule has 73 heavy (non-hydrogen) atoms. The largest absolute Gasteiger partial charge is 0.506 e. The van der Waals surface area contributed by atoms with Gasteiger partial charge in [-0.2, -0.15) is 25.3 Å². The number of ether oxygens (including phenoxy) is 5. The van der Waals surface area contributed by atoms with Gasteiger partial charge in [0.15, 0.2) is 5.78 Å². The van der Waals surface area contributed by atoms with Crippen LogP contribution in [0.5, 0.6) is 0 Å². The number of nitrogens with zero attached hydrogens (tertiary/aromatic N) is 3. The number of carbonyl (C=O) groups is 4. The van der Waals surface area contributed by atoms with Gasteiger partial charge in [0.25, 0.3) is 42.2 Å². The van der Waals surface area contributed by atoms with Crippen molar-refractivity contribution in [2.45, 2.75) is 85.5 Å². The highest BCUT2D eigenvalue weighted by atomic mass is 32.2. The predicted octanol–water partition coefficient (Wildman–Crippen LogP) is 3.40. The number of hydroxylamine groups is 2. The van der Waals surface area contributed by atoms with Gasteiger partial charge in [-0.05, 0) is 92.3 Å². The van der Waals surface area contributed by atoms with Crippen molar-refractivity contribution in [1.29, 1.82) is 0 Å². The maximum Gasteiger partial charge on any atom is 0.333 e. The smallest absolute Gasteiger partial charge is 0.333 e. The van der Waals surface area contributed by atoms with Gasteiger partial charge in [-0.3, -0.25) is 28.0 Å². The average Bonchev–Trinajstić information content (AvgIpc) is 3.85. The number of anilines is 2. The normalized spacial score (nSPS) is 22.3. The first-order chi connectivity index (χ1) is 34.4. The predicted molar refractivity (Wildman–Crippen MR) is 259 cm³/mol. The van der Waals surface area contributed by atoms with Gasteiger partial charge < -0.3 is 43.4 Å². The van der Waals surface area contributed by atoms with Crippen LogP contribution >= 0.6 is 0 Å². The molecule has 4 N–H and O–H groups in total. The van der Waals surface area contributed by atoms with Crippen LogP contribution in [-0.2, 0) is 88.9 Å². The molecule has 2 aromatic rings. The molecule has 6 rings (SSSR count). The summed E-state index contributed by atoms with van der Waals surface area (Å²) in [5.74, 6) is -3.96. The monoisotopic (exact) mass is 1080 g/mol. The molecule has 0 spiro atoms. The Morgan fingerprint density at radius 2 is 1.29 bits per heavy atom. The quantitative estimate of drug-likeness (QED) is 0.0411. The summed E-state index contributed by atoms with van der Waals surface area (Å²) in [5.41, 5.74) is -0.729. The molecule has 0 bridgehead atoms. The third kappa shape index (κ3) is 13.2. The highest BCUT2D eigenvalue weighted by molar-refractivity contribution is 7.86. The molecule has 402 valence electrons. The average molecular weight is 1080 g/mol. The van der Waals surface area contributed by atoms with Crippen molar-refractivity contribution in [2.24, 2.45) is 0 Å². The summed E-state index contributed by atoms with van der Waals surface area (Å²) in [6.45, 7) is 5.66. The van der Waals surface area contributed by atoms with Crippen LogP contribution in [-0.4, -0.2) is 165 Å². The molecule has 0 aromatic heterocycles. The minimum absolute atomic E-state index is 0.00873. The van der Waals surface area contributed by atoms with E-state index in [1.54, 1.807) is 30.8 Å². The molecule has 3 atom stereocenters.